The molecule has 1 aliphatic carbocycles. The third kappa shape index (κ3) is 1.89. The molecule has 0 fully saturated rings. The molecule has 0 saturated heterocycles. The van der Waals surface area contributed by atoms with Crippen LogP contribution in [0.5, 0.6) is 0 Å². The van der Waals surface area contributed by atoms with E-state index < -0.39 is 0 Å². The summed E-state index contributed by atoms with van der Waals surface area (Å²) in [7, 11) is 0. The number of aromatic nitrogens is 2. The van der Waals surface area contributed by atoms with Crippen molar-refractivity contribution in [2.24, 2.45) is 0 Å². The van der Waals surface area contributed by atoms with Crippen LogP contribution >= 0.6 is 11.3 Å². The van der Waals surface area contributed by atoms with Crippen LogP contribution < -0.4 is 0 Å². The minimum absolute atomic E-state index is 0.181. The molecule has 86 valence electrons. The first-order valence-corrected chi connectivity index (χ1v) is 6.51. The first-order valence-electron chi connectivity index (χ1n) is 5.70. The van der Waals surface area contributed by atoms with Gasteiger partial charge in [0, 0.05) is 17.5 Å². The lowest BCUT2D eigenvalue weighted by Gasteiger charge is -2.06. The van der Waals surface area contributed by atoms with Crippen LogP contribution in [0.4, 0.5) is 0 Å². The van der Waals surface area contributed by atoms with E-state index in [0.29, 0.717) is 12.1 Å². The van der Waals surface area contributed by atoms with Crippen LogP contribution in [-0.2, 0) is 6.42 Å². The number of carbonyl (C=O) groups excluding carboxylic acids is 1. The maximum absolute atomic E-state index is 11.7. The van der Waals surface area contributed by atoms with Gasteiger partial charge in [-0.25, -0.2) is 4.98 Å². The summed E-state index contributed by atoms with van der Waals surface area (Å²) in [5, 5.41) is 0.866. The summed E-state index contributed by atoms with van der Waals surface area (Å²) in [6.45, 7) is 2.01. The Morgan fingerprint density at radius 3 is 2.88 bits per heavy atom. The van der Waals surface area contributed by atoms with Crippen molar-refractivity contribution in [2.75, 3.05) is 0 Å². The van der Waals surface area contributed by atoms with Crippen molar-refractivity contribution in [3.8, 4) is 10.7 Å². The zero-order valence-corrected chi connectivity index (χ0v) is 10.4. The molecule has 0 bridgehead atoms. The van der Waals surface area contributed by atoms with Crippen molar-refractivity contribution in [2.45, 2.75) is 26.2 Å². The predicted molar refractivity (Wildman–Crippen MR) is 67.4 cm³/mol. The number of pyridine rings is 1. The molecule has 1 aliphatic rings. The second kappa shape index (κ2) is 4.04. The zero-order valence-electron chi connectivity index (χ0n) is 9.56. The van der Waals surface area contributed by atoms with Crippen molar-refractivity contribution in [1.82, 2.24) is 9.97 Å². The summed E-state index contributed by atoms with van der Waals surface area (Å²) >= 11 is 1.60. The van der Waals surface area contributed by atoms with Gasteiger partial charge in [0.2, 0.25) is 0 Å². The number of thiazole rings is 1. The quantitative estimate of drug-likeness (QED) is 0.774. The SMILES string of the molecule is Cc1ccc(-c2nc3c(s2)CCCC3=O)nc1. The topological polar surface area (TPSA) is 42.9 Å². The predicted octanol–water partition coefficient (Wildman–Crippen LogP) is 3.03. The van der Waals surface area contributed by atoms with Gasteiger partial charge < -0.3 is 0 Å². The number of ketones is 1. The Balaban J connectivity index is 2.05. The maximum Gasteiger partial charge on any atom is 0.182 e. The van der Waals surface area contributed by atoms with Gasteiger partial charge in [-0.3, -0.25) is 9.78 Å². The van der Waals surface area contributed by atoms with Crippen molar-refractivity contribution >= 4 is 17.1 Å². The molecule has 3 rings (SSSR count). The van der Waals surface area contributed by atoms with Crippen molar-refractivity contribution < 1.29 is 4.79 Å². The van der Waals surface area contributed by atoms with E-state index in [0.717, 1.165) is 34.0 Å². The first kappa shape index (κ1) is 10.6. The number of Topliss-reactive ketones (excluding diaryl/α,β-unsaturated/α-hetero) is 1. The summed E-state index contributed by atoms with van der Waals surface area (Å²) < 4.78 is 0. The Kier molecular flexibility index (Phi) is 2.52. The van der Waals surface area contributed by atoms with E-state index in [4.69, 9.17) is 0 Å². The average molecular weight is 244 g/mol. The molecule has 0 unspecified atom stereocenters. The number of rotatable bonds is 1. The van der Waals surface area contributed by atoms with E-state index in [1.165, 1.54) is 0 Å². The molecule has 0 spiro atoms. The van der Waals surface area contributed by atoms with Gasteiger partial charge in [-0.05, 0) is 31.4 Å². The minimum atomic E-state index is 0.181. The third-order valence-electron chi connectivity index (χ3n) is 2.90. The lowest BCUT2D eigenvalue weighted by Crippen LogP contribution is -2.08. The Morgan fingerprint density at radius 1 is 1.29 bits per heavy atom. The number of hydrogen-bond donors (Lipinski definition) is 0. The van der Waals surface area contributed by atoms with Gasteiger partial charge >= 0.3 is 0 Å². The lowest BCUT2D eigenvalue weighted by atomic mass is 10.0. The molecule has 0 amide bonds. The Labute approximate surface area is 104 Å². The van der Waals surface area contributed by atoms with E-state index in [1.54, 1.807) is 11.3 Å². The van der Waals surface area contributed by atoms with E-state index in [2.05, 4.69) is 9.97 Å². The highest BCUT2D eigenvalue weighted by Crippen LogP contribution is 2.31. The smallest absolute Gasteiger partial charge is 0.182 e. The van der Waals surface area contributed by atoms with Crippen LogP contribution in [-0.4, -0.2) is 15.8 Å². The number of aryl methyl sites for hydroxylation is 2. The Bertz CT molecular complexity index is 572. The molecule has 0 saturated carbocycles. The Hall–Kier alpha value is -1.55. The summed E-state index contributed by atoms with van der Waals surface area (Å²) in [5.74, 6) is 0.181. The third-order valence-corrected chi connectivity index (χ3v) is 4.04. The molecule has 0 aliphatic heterocycles. The van der Waals surface area contributed by atoms with Gasteiger partial charge in [0.1, 0.15) is 10.7 Å². The molecule has 2 aromatic heterocycles. The van der Waals surface area contributed by atoms with Gasteiger partial charge in [-0.15, -0.1) is 11.3 Å². The molecule has 0 atom stereocenters. The summed E-state index contributed by atoms with van der Waals surface area (Å²) in [5.41, 5.74) is 2.67. The van der Waals surface area contributed by atoms with Gasteiger partial charge in [-0.1, -0.05) is 6.07 Å². The van der Waals surface area contributed by atoms with Gasteiger partial charge in [0.25, 0.3) is 0 Å². The molecule has 0 N–H and O–H groups in total. The van der Waals surface area contributed by atoms with E-state index in [9.17, 15) is 4.79 Å². The van der Waals surface area contributed by atoms with Crippen LogP contribution in [0.15, 0.2) is 18.3 Å². The molecule has 2 heterocycles. The fraction of sp³-hybridized carbons (Fsp3) is 0.308. The largest absolute Gasteiger partial charge is 0.292 e. The monoisotopic (exact) mass is 244 g/mol. The van der Waals surface area contributed by atoms with E-state index in [1.807, 2.05) is 25.3 Å². The first-order chi connectivity index (χ1) is 8.24. The van der Waals surface area contributed by atoms with Crippen molar-refractivity contribution in [3.05, 3.63) is 34.5 Å². The van der Waals surface area contributed by atoms with Crippen molar-refractivity contribution in [1.29, 1.82) is 0 Å². The molecule has 3 nitrogen and oxygen atoms in total. The van der Waals surface area contributed by atoms with E-state index in [-0.39, 0.29) is 5.78 Å². The Morgan fingerprint density at radius 2 is 2.18 bits per heavy atom. The maximum atomic E-state index is 11.7. The van der Waals surface area contributed by atoms with E-state index >= 15 is 0 Å². The van der Waals surface area contributed by atoms with Crippen LogP contribution in [0.25, 0.3) is 10.7 Å². The van der Waals surface area contributed by atoms with Gasteiger partial charge in [0.15, 0.2) is 5.78 Å². The van der Waals surface area contributed by atoms with Crippen LogP contribution in [0.3, 0.4) is 0 Å². The number of fused-ring (bicyclic) bond motifs is 1. The minimum Gasteiger partial charge on any atom is -0.292 e. The fourth-order valence-electron chi connectivity index (χ4n) is 1.97. The molecule has 4 heteroatoms. The van der Waals surface area contributed by atoms with Crippen LogP contribution in [0, 0.1) is 6.92 Å². The second-order valence-corrected chi connectivity index (χ2v) is 5.37. The number of nitrogens with zero attached hydrogens (tertiary/aromatic N) is 2. The van der Waals surface area contributed by atoms with Crippen LogP contribution in [0.2, 0.25) is 0 Å². The van der Waals surface area contributed by atoms with Gasteiger partial charge in [-0.2, -0.15) is 0 Å². The molecular formula is C13H12N2OS. The summed E-state index contributed by atoms with van der Waals surface area (Å²) in [6.07, 6.45) is 4.40. The van der Waals surface area contributed by atoms with Crippen LogP contribution in [0.1, 0.15) is 33.8 Å². The molecule has 17 heavy (non-hydrogen) atoms. The highest BCUT2D eigenvalue weighted by atomic mass is 32.1. The molecule has 0 aromatic carbocycles. The fourth-order valence-corrected chi connectivity index (χ4v) is 3.07. The molecule has 0 radical (unpaired) electrons. The van der Waals surface area contributed by atoms with Gasteiger partial charge in [0.05, 0.1) is 5.69 Å². The summed E-state index contributed by atoms with van der Waals surface area (Å²) in [4.78, 5) is 21.6. The summed E-state index contributed by atoms with van der Waals surface area (Å²) in [6, 6.07) is 3.98. The average Bonchev–Trinajstić information content (AvgIpc) is 2.75. The normalized spacial score (nSPS) is 14.8. The standard InChI is InChI=1S/C13H12N2OS/c1-8-5-6-9(14-7-8)13-15-12-10(16)3-2-4-11(12)17-13/h5-7H,2-4H2,1H3. The molecule has 2 aromatic rings. The lowest BCUT2D eigenvalue weighted by molar-refractivity contribution is 0.0968. The number of carbonyl (C=O) groups is 1. The molecular weight excluding hydrogens is 232 g/mol. The second-order valence-electron chi connectivity index (χ2n) is 4.29. The highest BCUT2D eigenvalue weighted by Gasteiger charge is 2.22. The number of hydrogen-bond acceptors (Lipinski definition) is 4. The zero-order chi connectivity index (χ0) is 11.8. The van der Waals surface area contributed by atoms with Crippen molar-refractivity contribution in [3.63, 3.8) is 0 Å². The highest BCUT2D eigenvalue weighted by molar-refractivity contribution is 7.15.